The fourth-order valence-electron chi connectivity index (χ4n) is 4.41. The summed E-state index contributed by atoms with van der Waals surface area (Å²) < 4.78 is 2.11. The first kappa shape index (κ1) is 17.2. The Kier molecular flexibility index (Phi) is 4.82. The van der Waals surface area contributed by atoms with E-state index in [0.29, 0.717) is 18.1 Å². The molecule has 2 aromatic heterocycles. The van der Waals surface area contributed by atoms with Gasteiger partial charge in [0.2, 0.25) is 0 Å². The van der Waals surface area contributed by atoms with Gasteiger partial charge >= 0.3 is 0 Å². The number of aromatic nitrogens is 2. The number of rotatable bonds is 6. The number of benzene rings is 1. The fraction of sp³-hybridized carbons (Fsp3) is 0.409. The molecule has 0 radical (unpaired) electrons. The van der Waals surface area contributed by atoms with E-state index in [4.69, 9.17) is 0 Å². The molecule has 1 fully saturated rings. The van der Waals surface area contributed by atoms with Gasteiger partial charge in [0.1, 0.15) is 0 Å². The van der Waals surface area contributed by atoms with Gasteiger partial charge in [-0.2, -0.15) is 5.10 Å². The van der Waals surface area contributed by atoms with Gasteiger partial charge in [-0.3, -0.25) is 9.58 Å². The van der Waals surface area contributed by atoms with Crippen molar-refractivity contribution in [2.45, 2.75) is 43.9 Å². The molecule has 5 heteroatoms. The van der Waals surface area contributed by atoms with Crippen LogP contribution in [0, 0.1) is 0 Å². The number of nitrogens with one attached hydrogen (secondary N) is 1. The first-order valence-electron chi connectivity index (χ1n) is 9.93. The Morgan fingerprint density at radius 1 is 1.15 bits per heavy atom. The first-order valence-corrected chi connectivity index (χ1v) is 10.8. The zero-order valence-corrected chi connectivity index (χ0v) is 16.3. The van der Waals surface area contributed by atoms with Crippen LogP contribution in [-0.4, -0.2) is 33.8 Å². The molecule has 0 spiro atoms. The molecular formula is C22H26N4S. The summed E-state index contributed by atoms with van der Waals surface area (Å²) in [5.41, 5.74) is 2.95. The van der Waals surface area contributed by atoms with E-state index < -0.39 is 0 Å². The van der Waals surface area contributed by atoms with E-state index in [0.717, 1.165) is 19.6 Å². The zero-order valence-electron chi connectivity index (χ0n) is 15.5. The van der Waals surface area contributed by atoms with Gasteiger partial charge in [0, 0.05) is 49.0 Å². The average molecular weight is 379 g/mol. The summed E-state index contributed by atoms with van der Waals surface area (Å²) >= 11 is 1.91. The summed E-state index contributed by atoms with van der Waals surface area (Å²) in [5.74, 6) is 0. The number of hydrogen-bond acceptors (Lipinski definition) is 4. The van der Waals surface area contributed by atoms with E-state index in [1.165, 1.54) is 30.4 Å². The van der Waals surface area contributed by atoms with Crippen LogP contribution in [0.4, 0.5) is 0 Å². The van der Waals surface area contributed by atoms with Gasteiger partial charge in [-0.1, -0.05) is 30.3 Å². The van der Waals surface area contributed by atoms with Crippen LogP contribution in [0.3, 0.4) is 0 Å². The van der Waals surface area contributed by atoms with E-state index >= 15 is 0 Å². The summed E-state index contributed by atoms with van der Waals surface area (Å²) in [7, 11) is 0. The Morgan fingerprint density at radius 3 is 2.85 bits per heavy atom. The molecule has 0 saturated heterocycles. The quantitative estimate of drug-likeness (QED) is 0.703. The van der Waals surface area contributed by atoms with Crippen molar-refractivity contribution in [1.29, 1.82) is 0 Å². The lowest BCUT2D eigenvalue weighted by molar-refractivity contribution is 0.151. The van der Waals surface area contributed by atoms with Gasteiger partial charge in [0.05, 0.1) is 6.04 Å². The van der Waals surface area contributed by atoms with Gasteiger partial charge in [-0.25, -0.2) is 0 Å². The molecule has 1 saturated carbocycles. The van der Waals surface area contributed by atoms with Crippen molar-refractivity contribution in [2.75, 3.05) is 13.1 Å². The summed E-state index contributed by atoms with van der Waals surface area (Å²) in [6.45, 7) is 3.23. The second kappa shape index (κ2) is 7.58. The summed E-state index contributed by atoms with van der Waals surface area (Å²) in [4.78, 5) is 4.23. The first-order chi connectivity index (χ1) is 13.4. The number of nitrogens with zero attached hydrogens (tertiary/aromatic N) is 3. The fourth-order valence-corrected chi connectivity index (χ4v) is 5.30. The second-order valence-electron chi connectivity index (χ2n) is 7.73. The Morgan fingerprint density at radius 2 is 2.04 bits per heavy atom. The van der Waals surface area contributed by atoms with Crippen LogP contribution in [0.15, 0.2) is 60.2 Å². The van der Waals surface area contributed by atoms with Crippen molar-refractivity contribution >= 4 is 11.3 Å². The summed E-state index contributed by atoms with van der Waals surface area (Å²) in [5, 5.41) is 10.5. The molecule has 27 heavy (non-hydrogen) atoms. The summed E-state index contributed by atoms with van der Waals surface area (Å²) in [6, 6.07) is 16.9. The van der Waals surface area contributed by atoms with E-state index in [1.807, 2.05) is 23.6 Å². The lowest BCUT2D eigenvalue weighted by Crippen LogP contribution is -2.46. The van der Waals surface area contributed by atoms with Crippen LogP contribution in [0.25, 0.3) is 0 Å². The second-order valence-corrected chi connectivity index (χ2v) is 8.73. The van der Waals surface area contributed by atoms with Gasteiger partial charge < -0.3 is 5.32 Å². The Hall–Kier alpha value is -1.95. The molecule has 3 aromatic rings. The zero-order chi connectivity index (χ0) is 18.1. The van der Waals surface area contributed by atoms with Gasteiger partial charge in [-0.15, -0.1) is 11.3 Å². The molecular weight excluding hydrogens is 352 g/mol. The maximum absolute atomic E-state index is 4.39. The van der Waals surface area contributed by atoms with Gasteiger partial charge in [0.15, 0.2) is 0 Å². The molecule has 1 aliphatic carbocycles. The van der Waals surface area contributed by atoms with E-state index in [2.05, 4.69) is 68.0 Å². The monoisotopic (exact) mass is 378 g/mol. The lowest BCUT2D eigenvalue weighted by atomic mass is 9.86. The highest BCUT2D eigenvalue weighted by Crippen LogP contribution is 2.33. The third-order valence-electron chi connectivity index (χ3n) is 6.07. The Balaban J connectivity index is 1.25. The van der Waals surface area contributed by atoms with Gasteiger partial charge in [0.25, 0.3) is 0 Å². The molecule has 1 aromatic carbocycles. The predicted octanol–water partition coefficient (Wildman–Crippen LogP) is 4.04. The van der Waals surface area contributed by atoms with Crippen molar-refractivity contribution in [1.82, 2.24) is 20.0 Å². The van der Waals surface area contributed by atoms with Crippen molar-refractivity contribution in [3.05, 3.63) is 76.2 Å². The molecule has 1 atom stereocenters. The number of hydrogen-bond donors (Lipinski definition) is 1. The minimum atomic E-state index is 0.433. The molecule has 0 bridgehead atoms. The van der Waals surface area contributed by atoms with E-state index in [-0.39, 0.29) is 0 Å². The molecule has 3 heterocycles. The molecule has 5 rings (SSSR count). The van der Waals surface area contributed by atoms with Crippen LogP contribution in [0.1, 0.15) is 40.9 Å². The van der Waals surface area contributed by atoms with Crippen LogP contribution < -0.4 is 5.32 Å². The minimum Gasteiger partial charge on any atom is -0.312 e. The third-order valence-corrected chi connectivity index (χ3v) is 7.10. The Labute approximate surface area is 164 Å². The van der Waals surface area contributed by atoms with Crippen LogP contribution >= 0.6 is 11.3 Å². The SMILES string of the molecule is c1ccc(C(CNC2CC(n3cccn3)C2)N2CCc3sccc3C2)cc1. The van der Waals surface area contributed by atoms with Crippen molar-refractivity contribution in [2.24, 2.45) is 0 Å². The lowest BCUT2D eigenvalue weighted by Gasteiger charge is -2.40. The third kappa shape index (κ3) is 3.59. The molecule has 1 aliphatic heterocycles. The normalized spacial score (nSPS) is 23.6. The maximum Gasteiger partial charge on any atom is 0.0548 e. The molecule has 2 aliphatic rings. The molecule has 4 nitrogen and oxygen atoms in total. The standard InChI is InChI=1S/C22H26N4S/c1-2-5-17(6-3-1)21(25-11-7-22-18(16-25)8-12-27-22)15-23-19-13-20(14-19)26-10-4-9-24-26/h1-6,8-10,12,19-21,23H,7,11,13-16H2. The minimum absolute atomic E-state index is 0.433. The molecule has 140 valence electrons. The highest BCUT2D eigenvalue weighted by Gasteiger charge is 2.32. The Bertz CT molecular complexity index is 852. The average Bonchev–Trinajstić information content (AvgIpc) is 3.35. The smallest absolute Gasteiger partial charge is 0.0548 e. The topological polar surface area (TPSA) is 33.1 Å². The van der Waals surface area contributed by atoms with Crippen LogP contribution in [0.5, 0.6) is 0 Å². The van der Waals surface area contributed by atoms with Crippen molar-refractivity contribution in [3.8, 4) is 0 Å². The summed E-state index contributed by atoms with van der Waals surface area (Å²) in [6.07, 6.45) is 7.50. The number of thiophene rings is 1. The van der Waals surface area contributed by atoms with Gasteiger partial charge in [-0.05, 0) is 47.9 Å². The predicted molar refractivity (Wildman–Crippen MR) is 110 cm³/mol. The molecule has 0 amide bonds. The molecule has 1 unspecified atom stereocenters. The highest BCUT2D eigenvalue weighted by atomic mass is 32.1. The number of fused-ring (bicyclic) bond motifs is 1. The largest absolute Gasteiger partial charge is 0.312 e. The highest BCUT2D eigenvalue weighted by molar-refractivity contribution is 7.10. The maximum atomic E-state index is 4.39. The van der Waals surface area contributed by atoms with Crippen LogP contribution in [-0.2, 0) is 13.0 Å². The van der Waals surface area contributed by atoms with E-state index in [9.17, 15) is 0 Å². The van der Waals surface area contributed by atoms with Crippen molar-refractivity contribution < 1.29 is 0 Å². The van der Waals surface area contributed by atoms with E-state index in [1.54, 1.807) is 4.88 Å². The molecule has 1 N–H and O–H groups in total. The van der Waals surface area contributed by atoms with Crippen LogP contribution in [0.2, 0.25) is 0 Å². The van der Waals surface area contributed by atoms with Crippen molar-refractivity contribution in [3.63, 3.8) is 0 Å².